The summed E-state index contributed by atoms with van der Waals surface area (Å²) in [5, 5.41) is 0. The monoisotopic (exact) mass is 400 g/mol. The molecule has 0 bridgehead atoms. The van der Waals surface area contributed by atoms with Crippen molar-refractivity contribution in [1.82, 2.24) is 0 Å². The largest absolute Gasteiger partial charge is 0.461 e. The van der Waals surface area contributed by atoms with Crippen LogP contribution < -0.4 is 25.7 Å². The lowest BCUT2D eigenvalue weighted by Crippen LogP contribution is -2.00. The first-order valence-corrected chi connectivity index (χ1v) is 9.79. The molecule has 0 atom stereocenters. The smallest absolute Gasteiger partial charge is 0.134 e. The number of benzene rings is 3. The Labute approximate surface area is 176 Å². The molecule has 0 unspecified atom stereocenters. The zero-order valence-electron chi connectivity index (χ0n) is 16.8. The summed E-state index contributed by atoms with van der Waals surface area (Å²) in [6, 6.07) is 20.0. The number of hydrogen-bond donors (Lipinski definition) is 2. The van der Waals surface area contributed by atoms with Gasteiger partial charge in [0.15, 0.2) is 0 Å². The van der Waals surface area contributed by atoms with Gasteiger partial charge in [0.25, 0.3) is 0 Å². The summed E-state index contributed by atoms with van der Waals surface area (Å²) in [4.78, 5) is 0. The molecule has 0 aromatic heterocycles. The van der Waals surface area contributed by atoms with Crippen LogP contribution in [0.25, 0.3) is 0 Å². The highest BCUT2D eigenvalue weighted by atomic mass is 16.5. The molecular formula is C25H24N2O3. The van der Waals surface area contributed by atoms with E-state index in [1.54, 1.807) is 24.3 Å². The van der Waals surface area contributed by atoms with Gasteiger partial charge in [-0.1, -0.05) is 11.6 Å². The van der Waals surface area contributed by atoms with Crippen LogP contribution in [-0.2, 0) is 0 Å². The molecule has 0 heterocycles. The molecule has 1 aliphatic carbocycles. The van der Waals surface area contributed by atoms with E-state index >= 15 is 0 Å². The fourth-order valence-electron chi connectivity index (χ4n) is 3.02. The summed E-state index contributed by atoms with van der Waals surface area (Å²) < 4.78 is 18.1. The maximum Gasteiger partial charge on any atom is 0.134 e. The van der Waals surface area contributed by atoms with Crippen molar-refractivity contribution in [3.63, 3.8) is 0 Å². The molecule has 0 radical (unpaired) electrons. The lowest BCUT2D eigenvalue weighted by molar-refractivity contribution is 0.391. The van der Waals surface area contributed by atoms with Crippen LogP contribution in [0.15, 0.2) is 90.2 Å². The highest BCUT2D eigenvalue weighted by Crippen LogP contribution is 2.35. The molecule has 0 fully saturated rings. The first-order valence-electron chi connectivity index (χ1n) is 9.79. The number of nitrogens with two attached hydrogens (primary N) is 2. The first kappa shape index (κ1) is 19.5. The summed E-state index contributed by atoms with van der Waals surface area (Å²) in [7, 11) is 0. The fourth-order valence-corrected chi connectivity index (χ4v) is 3.02. The molecule has 0 saturated heterocycles. The lowest BCUT2D eigenvalue weighted by Gasteiger charge is -2.16. The minimum atomic E-state index is 0.603. The third-order valence-electron chi connectivity index (χ3n) is 4.65. The standard InChI is InChI=1S/C25H24N2O3/c1-17-2-8-20(9-3-17)28-23-14-24(29-21-10-4-18(26)5-11-21)16-25(15-23)30-22-12-6-19(27)7-13-22/h2,4-8,10-16H,3,9,26-27H2,1H3. The predicted molar refractivity (Wildman–Crippen MR) is 120 cm³/mol. The normalized spacial score (nSPS) is 13.2. The third kappa shape index (κ3) is 5.14. The van der Waals surface area contributed by atoms with Crippen molar-refractivity contribution >= 4 is 11.4 Å². The van der Waals surface area contributed by atoms with Crippen molar-refractivity contribution in [1.29, 1.82) is 0 Å². The van der Waals surface area contributed by atoms with Gasteiger partial charge in [0, 0.05) is 36.0 Å². The van der Waals surface area contributed by atoms with E-state index in [1.165, 1.54) is 5.57 Å². The number of anilines is 2. The van der Waals surface area contributed by atoms with Crippen LogP contribution in [0.2, 0.25) is 0 Å². The Bertz CT molecular complexity index is 1020. The van der Waals surface area contributed by atoms with Crippen molar-refractivity contribution in [2.45, 2.75) is 19.8 Å². The Morgan fingerprint density at radius 1 is 0.567 bits per heavy atom. The Morgan fingerprint density at radius 2 is 1.03 bits per heavy atom. The van der Waals surface area contributed by atoms with Gasteiger partial charge in [0.05, 0.1) is 0 Å². The molecule has 3 aromatic rings. The van der Waals surface area contributed by atoms with E-state index in [4.69, 9.17) is 25.7 Å². The molecule has 30 heavy (non-hydrogen) atoms. The van der Waals surface area contributed by atoms with Crippen LogP contribution in [0.3, 0.4) is 0 Å². The Kier molecular flexibility index (Phi) is 5.61. The van der Waals surface area contributed by atoms with Crippen LogP contribution >= 0.6 is 0 Å². The highest BCUT2D eigenvalue weighted by molar-refractivity contribution is 5.49. The van der Waals surface area contributed by atoms with E-state index in [9.17, 15) is 0 Å². The summed E-state index contributed by atoms with van der Waals surface area (Å²) in [5.74, 6) is 4.11. The molecule has 4 N–H and O–H groups in total. The molecule has 0 spiro atoms. The number of ether oxygens (including phenoxy) is 3. The molecule has 5 heteroatoms. The third-order valence-corrected chi connectivity index (χ3v) is 4.65. The molecule has 152 valence electrons. The molecule has 0 saturated carbocycles. The summed E-state index contributed by atoms with van der Waals surface area (Å²) >= 11 is 0. The second-order valence-electron chi connectivity index (χ2n) is 7.23. The Morgan fingerprint density at radius 3 is 1.47 bits per heavy atom. The van der Waals surface area contributed by atoms with E-state index in [2.05, 4.69) is 13.0 Å². The average molecular weight is 400 g/mol. The van der Waals surface area contributed by atoms with Gasteiger partial charge in [-0.3, -0.25) is 0 Å². The summed E-state index contributed by atoms with van der Waals surface area (Å²) in [5.41, 5.74) is 14.2. The molecule has 5 nitrogen and oxygen atoms in total. The van der Waals surface area contributed by atoms with Gasteiger partial charge in [0.1, 0.15) is 34.5 Å². The topological polar surface area (TPSA) is 79.7 Å². The SMILES string of the molecule is CC1=CC=C(Oc2cc(Oc3ccc(N)cc3)cc(Oc3ccc(N)cc3)c2)CC1. The molecule has 1 aliphatic rings. The van der Waals surface area contributed by atoms with Gasteiger partial charge in [-0.25, -0.2) is 0 Å². The van der Waals surface area contributed by atoms with E-state index in [-0.39, 0.29) is 0 Å². The number of hydrogen-bond acceptors (Lipinski definition) is 5. The molecule has 0 aliphatic heterocycles. The lowest BCUT2D eigenvalue weighted by atomic mass is 10.1. The van der Waals surface area contributed by atoms with Crippen molar-refractivity contribution in [2.75, 3.05) is 11.5 Å². The van der Waals surface area contributed by atoms with Crippen molar-refractivity contribution in [3.8, 4) is 28.7 Å². The molecular weight excluding hydrogens is 376 g/mol. The summed E-state index contributed by atoms with van der Waals surface area (Å²) in [6.07, 6.45) is 5.94. The number of nitrogen functional groups attached to an aromatic ring is 2. The van der Waals surface area contributed by atoms with E-state index in [0.717, 1.165) is 18.6 Å². The van der Waals surface area contributed by atoms with Crippen LogP contribution in [0.5, 0.6) is 28.7 Å². The zero-order valence-corrected chi connectivity index (χ0v) is 16.8. The predicted octanol–water partition coefficient (Wildman–Crippen LogP) is 6.44. The van der Waals surface area contributed by atoms with Gasteiger partial charge in [-0.05, 0) is 68.0 Å². The van der Waals surface area contributed by atoms with E-state index < -0.39 is 0 Å². The molecule has 3 aromatic carbocycles. The second-order valence-corrected chi connectivity index (χ2v) is 7.23. The quantitative estimate of drug-likeness (QED) is 0.466. The fraction of sp³-hybridized carbons (Fsp3) is 0.120. The van der Waals surface area contributed by atoms with Gasteiger partial charge in [-0.2, -0.15) is 0 Å². The maximum absolute atomic E-state index is 6.12. The maximum atomic E-state index is 6.12. The highest BCUT2D eigenvalue weighted by Gasteiger charge is 2.11. The van der Waals surface area contributed by atoms with Crippen LogP contribution in [0, 0.1) is 0 Å². The van der Waals surface area contributed by atoms with Crippen LogP contribution in [-0.4, -0.2) is 0 Å². The second kappa shape index (κ2) is 8.66. The Hall–Kier alpha value is -3.86. The minimum Gasteiger partial charge on any atom is -0.461 e. The van der Waals surface area contributed by atoms with Crippen LogP contribution in [0.1, 0.15) is 19.8 Å². The summed E-state index contributed by atoms with van der Waals surface area (Å²) in [6.45, 7) is 2.12. The van der Waals surface area contributed by atoms with Gasteiger partial charge >= 0.3 is 0 Å². The minimum absolute atomic E-state index is 0.603. The van der Waals surface area contributed by atoms with Crippen molar-refractivity contribution < 1.29 is 14.2 Å². The number of allylic oxidation sites excluding steroid dienone is 4. The first-order chi connectivity index (χ1) is 14.5. The van der Waals surface area contributed by atoms with E-state index in [1.807, 2.05) is 48.5 Å². The van der Waals surface area contributed by atoms with Gasteiger partial charge in [0.2, 0.25) is 0 Å². The zero-order chi connectivity index (χ0) is 20.9. The van der Waals surface area contributed by atoms with Gasteiger partial charge < -0.3 is 25.7 Å². The molecule has 4 rings (SSSR count). The van der Waals surface area contributed by atoms with Gasteiger partial charge in [-0.15, -0.1) is 0 Å². The van der Waals surface area contributed by atoms with E-state index in [0.29, 0.717) is 40.1 Å². The van der Waals surface area contributed by atoms with Crippen molar-refractivity contribution in [2.24, 2.45) is 0 Å². The number of rotatable bonds is 6. The average Bonchev–Trinajstić information content (AvgIpc) is 2.73. The molecule has 0 amide bonds. The van der Waals surface area contributed by atoms with Crippen molar-refractivity contribution in [3.05, 3.63) is 90.2 Å². The van der Waals surface area contributed by atoms with Crippen LogP contribution in [0.4, 0.5) is 11.4 Å². The Balaban J connectivity index is 1.62.